The minimum atomic E-state index is -0.440. The van der Waals surface area contributed by atoms with Crippen molar-refractivity contribution in [2.45, 2.75) is 12.8 Å². The molecule has 1 aliphatic heterocycles. The highest BCUT2D eigenvalue weighted by Gasteiger charge is 2.29. The third-order valence-corrected chi connectivity index (χ3v) is 5.23. The number of carbonyl (C=O) groups is 1. The molecule has 158 valence electrons. The molecule has 0 aliphatic carbocycles. The molecular formula is C23H21N3O5. The molecule has 1 aliphatic rings. The number of benzene rings is 3. The monoisotopic (exact) mass is 419 g/mol. The second-order valence-corrected chi connectivity index (χ2v) is 7.13. The van der Waals surface area contributed by atoms with Crippen LogP contribution in [0.5, 0.6) is 11.5 Å². The fraction of sp³-hybridized carbons (Fsp3) is 0.174. The van der Waals surface area contributed by atoms with Crippen LogP contribution < -0.4 is 19.7 Å². The van der Waals surface area contributed by atoms with Crippen molar-refractivity contribution in [3.05, 3.63) is 93.5 Å². The summed E-state index contributed by atoms with van der Waals surface area (Å²) in [6.07, 6.45) is -0.366. The quantitative estimate of drug-likeness (QED) is 0.478. The Morgan fingerprint density at radius 1 is 1.06 bits per heavy atom. The molecule has 0 fully saturated rings. The maximum atomic E-state index is 12.6. The SMILES string of the molecule is COc1ccc(C2NC(=O)c3ccccc3N2C)cc1OCc1ccc([N+](=O)[O-])cc1. The molecule has 0 saturated carbocycles. The van der Waals surface area contributed by atoms with E-state index in [2.05, 4.69) is 5.32 Å². The lowest BCUT2D eigenvalue weighted by molar-refractivity contribution is -0.384. The normalized spacial score (nSPS) is 15.1. The van der Waals surface area contributed by atoms with E-state index < -0.39 is 4.92 Å². The number of hydrogen-bond donors (Lipinski definition) is 1. The molecule has 1 atom stereocenters. The largest absolute Gasteiger partial charge is 0.493 e. The van der Waals surface area contributed by atoms with Crippen LogP contribution in [-0.2, 0) is 6.61 Å². The molecule has 0 radical (unpaired) electrons. The van der Waals surface area contributed by atoms with Crippen LogP contribution in [0.4, 0.5) is 11.4 Å². The number of nitrogens with zero attached hydrogens (tertiary/aromatic N) is 2. The van der Waals surface area contributed by atoms with Gasteiger partial charge in [0.15, 0.2) is 11.5 Å². The van der Waals surface area contributed by atoms with Crippen LogP contribution in [0, 0.1) is 10.1 Å². The fourth-order valence-electron chi connectivity index (χ4n) is 3.57. The first-order valence-corrected chi connectivity index (χ1v) is 9.64. The summed E-state index contributed by atoms with van der Waals surface area (Å²) in [6, 6.07) is 19.1. The van der Waals surface area contributed by atoms with Crippen LogP contribution in [0.1, 0.15) is 27.7 Å². The molecule has 1 unspecified atom stereocenters. The van der Waals surface area contributed by atoms with Gasteiger partial charge in [-0.15, -0.1) is 0 Å². The average molecular weight is 419 g/mol. The van der Waals surface area contributed by atoms with E-state index in [1.807, 2.05) is 42.3 Å². The minimum Gasteiger partial charge on any atom is -0.493 e. The van der Waals surface area contributed by atoms with E-state index in [0.717, 1.165) is 16.8 Å². The van der Waals surface area contributed by atoms with Crippen molar-refractivity contribution in [1.29, 1.82) is 0 Å². The van der Waals surface area contributed by atoms with Crippen molar-refractivity contribution in [1.82, 2.24) is 5.32 Å². The van der Waals surface area contributed by atoms with E-state index in [0.29, 0.717) is 17.1 Å². The Morgan fingerprint density at radius 3 is 2.52 bits per heavy atom. The van der Waals surface area contributed by atoms with Crippen molar-refractivity contribution >= 4 is 17.3 Å². The summed E-state index contributed by atoms with van der Waals surface area (Å²) in [6.45, 7) is 0.216. The van der Waals surface area contributed by atoms with Crippen molar-refractivity contribution in [3.8, 4) is 11.5 Å². The Kier molecular flexibility index (Phi) is 5.44. The Bertz CT molecular complexity index is 1130. The maximum absolute atomic E-state index is 12.6. The summed E-state index contributed by atoms with van der Waals surface area (Å²) >= 11 is 0. The fourth-order valence-corrected chi connectivity index (χ4v) is 3.57. The number of carbonyl (C=O) groups excluding carboxylic acids is 1. The molecule has 31 heavy (non-hydrogen) atoms. The molecule has 4 rings (SSSR count). The van der Waals surface area contributed by atoms with Gasteiger partial charge in [-0.2, -0.15) is 0 Å². The molecule has 0 bridgehead atoms. The summed E-state index contributed by atoms with van der Waals surface area (Å²) in [5.41, 5.74) is 3.13. The number of nitrogens with one attached hydrogen (secondary N) is 1. The third-order valence-electron chi connectivity index (χ3n) is 5.23. The van der Waals surface area contributed by atoms with Crippen LogP contribution >= 0.6 is 0 Å². The zero-order chi connectivity index (χ0) is 22.0. The summed E-state index contributed by atoms with van der Waals surface area (Å²) in [5.74, 6) is 0.929. The second kappa shape index (κ2) is 8.35. The van der Waals surface area contributed by atoms with Gasteiger partial charge in [0.25, 0.3) is 11.6 Å². The smallest absolute Gasteiger partial charge is 0.269 e. The highest BCUT2D eigenvalue weighted by molar-refractivity contribution is 6.02. The predicted octanol–water partition coefficient (Wildman–Crippen LogP) is 4.06. The van der Waals surface area contributed by atoms with Crippen LogP contribution in [0.25, 0.3) is 0 Å². The Labute approximate surface area is 179 Å². The molecule has 8 nitrogen and oxygen atoms in total. The number of anilines is 1. The lowest BCUT2D eigenvalue weighted by Crippen LogP contribution is -2.44. The third kappa shape index (κ3) is 4.00. The van der Waals surface area contributed by atoms with Crippen LogP contribution in [0.2, 0.25) is 0 Å². The lowest BCUT2D eigenvalue weighted by Gasteiger charge is -2.36. The summed E-state index contributed by atoms with van der Waals surface area (Å²) < 4.78 is 11.4. The topological polar surface area (TPSA) is 93.9 Å². The lowest BCUT2D eigenvalue weighted by atomic mass is 10.0. The minimum absolute atomic E-state index is 0.0275. The zero-order valence-electron chi connectivity index (χ0n) is 17.1. The molecule has 0 saturated heterocycles. The van der Waals surface area contributed by atoms with Crippen molar-refractivity contribution in [3.63, 3.8) is 0 Å². The van der Waals surface area contributed by atoms with Crippen LogP contribution in [-0.4, -0.2) is 25.0 Å². The number of amides is 1. The van der Waals surface area contributed by atoms with Crippen molar-refractivity contribution in [2.24, 2.45) is 0 Å². The van der Waals surface area contributed by atoms with Crippen molar-refractivity contribution < 1.29 is 19.2 Å². The van der Waals surface area contributed by atoms with E-state index in [9.17, 15) is 14.9 Å². The standard InChI is InChI=1S/C23H21N3O5/c1-25-19-6-4-3-5-18(19)23(27)24-22(25)16-9-12-20(30-2)21(13-16)31-14-15-7-10-17(11-8-15)26(28)29/h3-13,22H,14H2,1-2H3,(H,24,27). The molecule has 0 aromatic heterocycles. The molecule has 3 aromatic carbocycles. The van der Waals surface area contributed by atoms with Gasteiger partial charge in [-0.1, -0.05) is 18.2 Å². The van der Waals surface area contributed by atoms with Gasteiger partial charge in [0.1, 0.15) is 12.8 Å². The maximum Gasteiger partial charge on any atom is 0.269 e. The number of hydrogen-bond acceptors (Lipinski definition) is 6. The number of nitro groups is 1. The van der Waals surface area contributed by atoms with E-state index in [1.165, 1.54) is 12.1 Å². The van der Waals surface area contributed by atoms with Gasteiger partial charge >= 0.3 is 0 Å². The first kappa shape index (κ1) is 20.2. The van der Waals surface area contributed by atoms with E-state index in [1.54, 1.807) is 31.4 Å². The first-order chi connectivity index (χ1) is 15.0. The second-order valence-electron chi connectivity index (χ2n) is 7.13. The summed E-state index contributed by atoms with van der Waals surface area (Å²) in [5, 5.41) is 13.8. The summed E-state index contributed by atoms with van der Waals surface area (Å²) in [7, 11) is 3.48. The van der Waals surface area contributed by atoms with Gasteiger partial charge in [0.2, 0.25) is 0 Å². The Balaban J connectivity index is 1.58. The van der Waals surface area contributed by atoms with Gasteiger partial charge < -0.3 is 19.7 Å². The number of methoxy groups -OCH3 is 1. The molecule has 3 aromatic rings. The van der Waals surface area contributed by atoms with Gasteiger partial charge in [-0.25, -0.2) is 0 Å². The van der Waals surface area contributed by atoms with Crippen LogP contribution in [0.3, 0.4) is 0 Å². The van der Waals surface area contributed by atoms with Gasteiger partial charge in [-0.3, -0.25) is 14.9 Å². The number of ether oxygens (including phenoxy) is 2. The van der Waals surface area contributed by atoms with E-state index in [4.69, 9.17) is 9.47 Å². The molecular weight excluding hydrogens is 398 g/mol. The van der Waals surface area contributed by atoms with E-state index in [-0.39, 0.29) is 24.4 Å². The Morgan fingerprint density at radius 2 is 1.81 bits per heavy atom. The van der Waals surface area contributed by atoms with Gasteiger partial charge in [0, 0.05) is 19.2 Å². The zero-order valence-corrected chi connectivity index (χ0v) is 17.1. The molecule has 0 spiro atoms. The highest BCUT2D eigenvalue weighted by atomic mass is 16.6. The molecule has 1 amide bonds. The predicted molar refractivity (Wildman–Crippen MR) is 115 cm³/mol. The van der Waals surface area contributed by atoms with Crippen molar-refractivity contribution in [2.75, 3.05) is 19.1 Å². The molecule has 1 heterocycles. The first-order valence-electron chi connectivity index (χ1n) is 9.64. The number of non-ortho nitro benzene ring substituents is 1. The molecule has 8 heteroatoms. The summed E-state index contributed by atoms with van der Waals surface area (Å²) in [4.78, 5) is 24.9. The van der Waals surface area contributed by atoms with Gasteiger partial charge in [-0.05, 0) is 47.5 Å². The van der Waals surface area contributed by atoms with E-state index >= 15 is 0 Å². The highest BCUT2D eigenvalue weighted by Crippen LogP contribution is 2.36. The number of rotatable bonds is 6. The average Bonchev–Trinajstić information content (AvgIpc) is 2.80. The number of fused-ring (bicyclic) bond motifs is 1. The number of para-hydroxylation sites is 1. The van der Waals surface area contributed by atoms with Crippen LogP contribution in [0.15, 0.2) is 66.7 Å². The van der Waals surface area contributed by atoms with Gasteiger partial charge in [0.05, 0.1) is 23.3 Å². The molecule has 1 N–H and O–H groups in total. The Hall–Kier alpha value is -4.07. The number of nitro benzene ring substituents is 1.